The molecule has 156 valence electrons. The fraction of sp³-hybridized carbons (Fsp3) is 0.0833. The van der Waals surface area contributed by atoms with Crippen LogP contribution in [0.15, 0.2) is 83.4 Å². The van der Waals surface area contributed by atoms with E-state index in [-0.39, 0.29) is 11.7 Å². The maximum absolute atomic E-state index is 12.6. The quantitative estimate of drug-likeness (QED) is 0.387. The van der Waals surface area contributed by atoms with Crippen molar-refractivity contribution in [2.75, 3.05) is 0 Å². The van der Waals surface area contributed by atoms with E-state index in [9.17, 15) is 4.79 Å². The summed E-state index contributed by atoms with van der Waals surface area (Å²) in [6, 6.07) is 23.8. The van der Waals surface area contributed by atoms with Gasteiger partial charge >= 0.3 is 0 Å². The highest BCUT2D eigenvalue weighted by Crippen LogP contribution is 2.23. The third-order valence-electron chi connectivity index (χ3n) is 5.02. The van der Waals surface area contributed by atoms with E-state index in [4.69, 9.17) is 4.42 Å². The van der Waals surface area contributed by atoms with Crippen molar-refractivity contribution in [3.63, 3.8) is 0 Å². The Morgan fingerprint density at radius 3 is 2.44 bits per heavy atom. The third kappa shape index (κ3) is 4.20. The molecule has 0 fully saturated rings. The van der Waals surface area contributed by atoms with Crippen LogP contribution >= 0.6 is 0 Å². The van der Waals surface area contributed by atoms with E-state index in [1.165, 1.54) is 11.8 Å². The van der Waals surface area contributed by atoms with Crippen LogP contribution in [-0.4, -0.2) is 36.4 Å². The van der Waals surface area contributed by atoms with Crippen LogP contribution in [0.2, 0.25) is 0 Å². The molecule has 0 aliphatic carbocycles. The standard InChI is InChI=1S/C24H18N6O2/c31-21(14-11-16-9-12-18(13-10-16)17-5-2-1-3-6-17)24-25-15-22(32-24)19-7-4-8-20(26-19)23-27-29-30-28-23/h1-10,12-13,15H,11,14H2,(H,27,28,29,30). The van der Waals surface area contributed by atoms with Crippen LogP contribution in [0.5, 0.6) is 0 Å². The number of tetrazole rings is 1. The van der Waals surface area contributed by atoms with Gasteiger partial charge < -0.3 is 4.42 Å². The second kappa shape index (κ2) is 8.73. The van der Waals surface area contributed by atoms with E-state index in [2.05, 4.69) is 54.9 Å². The molecule has 0 aliphatic heterocycles. The zero-order chi connectivity index (χ0) is 21.8. The Labute approximate surface area is 183 Å². The second-order valence-electron chi connectivity index (χ2n) is 7.16. The number of rotatable bonds is 7. The van der Waals surface area contributed by atoms with E-state index in [1.807, 2.05) is 30.3 Å². The number of carbonyl (C=O) groups excluding carboxylic acids is 1. The molecule has 0 radical (unpaired) electrons. The number of aryl methyl sites for hydroxylation is 1. The minimum Gasteiger partial charge on any atom is -0.432 e. The Hall–Kier alpha value is -4.46. The van der Waals surface area contributed by atoms with Gasteiger partial charge in [-0.15, -0.1) is 10.2 Å². The molecule has 3 aromatic heterocycles. The van der Waals surface area contributed by atoms with Crippen molar-refractivity contribution < 1.29 is 9.21 Å². The van der Waals surface area contributed by atoms with Gasteiger partial charge in [0.05, 0.1) is 6.20 Å². The van der Waals surface area contributed by atoms with Crippen LogP contribution in [0.4, 0.5) is 0 Å². The van der Waals surface area contributed by atoms with Gasteiger partial charge in [-0.2, -0.15) is 5.21 Å². The van der Waals surface area contributed by atoms with Gasteiger partial charge in [0.15, 0.2) is 5.76 Å². The first-order valence-corrected chi connectivity index (χ1v) is 10.1. The Morgan fingerprint density at radius 2 is 1.66 bits per heavy atom. The number of nitrogens with one attached hydrogen (secondary N) is 1. The molecule has 2 aromatic carbocycles. The van der Waals surface area contributed by atoms with E-state index < -0.39 is 0 Å². The van der Waals surface area contributed by atoms with Gasteiger partial charge in [-0.25, -0.2) is 9.97 Å². The number of carbonyl (C=O) groups is 1. The largest absolute Gasteiger partial charge is 0.432 e. The molecule has 0 atom stereocenters. The summed E-state index contributed by atoms with van der Waals surface area (Å²) in [4.78, 5) is 21.2. The van der Waals surface area contributed by atoms with Crippen molar-refractivity contribution in [3.8, 4) is 34.1 Å². The molecule has 5 rings (SSSR count). The summed E-state index contributed by atoms with van der Waals surface area (Å²) in [6.07, 6.45) is 2.42. The van der Waals surface area contributed by atoms with Gasteiger partial charge in [0, 0.05) is 6.42 Å². The molecular weight excluding hydrogens is 404 g/mol. The van der Waals surface area contributed by atoms with E-state index in [0.717, 1.165) is 11.1 Å². The smallest absolute Gasteiger partial charge is 0.263 e. The van der Waals surface area contributed by atoms with Crippen LogP contribution in [0.1, 0.15) is 22.7 Å². The molecule has 1 N–H and O–H groups in total. The van der Waals surface area contributed by atoms with E-state index in [0.29, 0.717) is 35.8 Å². The van der Waals surface area contributed by atoms with Crippen molar-refractivity contribution in [2.45, 2.75) is 12.8 Å². The molecule has 0 amide bonds. The molecule has 32 heavy (non-hydrogen) atoms. The number of aromatic amines is 1. The van der Waals surface area contributed by atoms with Crippen molar-refractivity contribution in [1.29, 1.82) is 0 Å². The highest BCUT2D eigenvalue weighted by Gasteiger charge is 2.16. The summed E-state index contributed by atoms with van der Waals surface area (Å²) in [5.74, 6) is 0.706. The Kier molecular flexibility index (Phi) is 5.32. The normalized spacial score (nSPS) is 10.9. The topological polar surface area (TPSA) is 110 Å². The zero-order valence-electron chi connectivity index (χ0n) is 17.0. The third-order valence-corrected chi connectivity index (χ3v) is 5.02. The van der Waals surface area contributed by atoms with E-state index >= 15 is 0 Å². The number of Topliss-reactive ketones (excluding diaryl/α,β-unsaturated/α-hetero) is 1. The molecule has 8 heteroatoms. The lowest BCUT2D eigenvalue weighted by Gasteiger charge is -2.04. The number of hydrogen-bond acceptors (Lipinski definition) is 7. The Bertz CT molecular complexity index is 1330. The number of nitrogens with zero attached hydrogens (tertiary/aromatic N) is 5. The number of H-pyrrole nitrogens is 1. The highest BCUT2D eigenvalue weighted by atomic mass is 16.4. The predicted molar refractivity (Wildman–Crippen MR) is 117 cm³/mol. The second-order valence-corrected chi connectivity index (χ2v) is 7.16. The van der Waals surface area contributed by atoms with Gasteiger partial charge in [-0.1, -0.05) is 60.7 Å². The molecule has 0 spiro atoms. The average Bonchev–Trinajstić information content (AvgIpc) is 3.57. The van der Waals surface area contributed by atoms with E-state index in [1.54, 1.807) is 18.2 Å². The summed E-state index contributed by atoms with van der Waals surface area (Å²) in [7, 11) is 0. The SMILES string of the molecule is O=C(CCc1ccc(-c2ccccc2)cc1)c1ncc(-c2cccc(-c3nn[nH]n3)n2)o1. The van der Waals surface area contributed by atoms with Crippen LogP contribution in [-0.2, 0) is 6.42 Å². The average molecular weight is 422 g/mol. The first kappa shape index (κ1) is 19.5. The lowest BCUT2D eigenvalue weighted by atomic mass is 10.0. The molecule has 3 heterocycles. The van der Waals surface area contributed by atoms with Gasteiger partial charge in [0.1, 0.15) is 11.4 Å². The predicted octanol–water partition coefficient (Wildman–Crippen LogP) is 4.40. The first-order chi connectivity index (χ1) is 15.8. The molecule has 0 saturated carbocycles. The molecule has 0 saturated heterocycles. The van der Waals surface area contributed by atoms with Crippen molar-refractivity contribution in [2.24, 2.45) is 0 Å². The Morgan fingerprint density at radius 1 is 0.875 bits per heavy atom. The van der Waals surface area contributed by atoms with Crippen molar-refractivity contribution >= 4 is 5.78 Å². The van der Waals surface area contributed by atoms with Crippen LogP contribution in [0, 0.1) is 0 Å². The van der Waals surface area contributed by atoms with Crippen molar-refractivity contribution in [1.82, 2.24) is 30.6 Å². The molecule has 0 bridgehead atoms. The fourth-order valence-corrected chi connectivity index (χ4v) is 3.35. The highest BCUT2D eigenvalue weighted by molar-refractivity contribution is 5.92. The molecular formula is C24H18N6O2. The number of pyridine rings is 1. The first-order valence-electron chi connectivity index (χ1n) is 10.1. The van der Waals surface area contributed by atoms with Gasteiger partial charge in [-0.05, 0) is 40.5 Å². The lowest BCUT2D eigenvalue weighted by Crippen LogP contribution is -2.01. The van der Waals surface area contributed by atoms with Crippen LogP contribution < -0.4 is 0 Å². The minimum atomic E-state index is -0.155. The number of oxazole rings is 1. The minimum absolute atomic E-state index is 0.0765. The molecule has 8 nitrogen and oxygen atoms in total. The summed E-state index contributed by atoms with van der Waals surface area (Å²) in [5.41, 5.74) is 4.47. The summed E-state index contributed by atoms with van der Waals surface area (Å²) < 4.78 is 5.68. The van der Waals surface area contributed by atoms with Gasteiger partial charge in [0.25, 0.3) is 5.89 Å². The fourth-order valence-electron chi connectivity index (χ4n) is 3.35. The van der Waals surface area contributed by atoms with Crippen LogP contribution in [0.25, 0.3) is 34.1 Å². The molecule has 5 aromatic rings. The summed E-state index contributed by atoms with van der Waals surface area (Å²) in [5, 5.41) is 13.8. The zero-order valence-corrected chi connectivity index (χ0v) is 17.0. The molecule has 0 aliphatic rings. The summed E-state index contributed by atoms with van der Waals surface area (Å²) >= 11 is 0. The van der Waals surface area contributed by atoms with Gasteiger partial charge in [0.2, 0.25) is 11.6 Å². The number of hydrogen-bond donors (Lipinski definition) is 1. The summed E-state index contributed by atoms with van der Waals surface area (Å²) in [6.45, 7) is 0. The monoisotopic (exact) mass is 422 g/mol. The van der Waals surface area contributed by atoms with Crippen molar-refractivity contribution in [3.05, 3.63) is 90.4 Å². The van der Waals surface area contributed by atoms with Gasteiger partial charge in [-0.3, -0.25) is 4.79 Å². The number of aromatic nitrogens is 6. The lowest BCUT2D eigenvalue weighted by molar-refractivity contribution is 0.0950. The maximum Gasteiger partial charge on any atom is 0.263 e. The number of ketones is 1. The number of benzene rings is 2. The Balaban J connectivity index is 1.24. The van der Waals surface area contributed by atoms with Crippen LogP contribution in [0.3, 0.4) is 0 Å². The maximum atomic E-state index is 12.6. The molecule has 0 unspecified atom stereocenters.